The first-order valence-corrected chi connectivity index (χ1v) is 9.40. The second-order valence-electron chi connectivity index (χ2n) is 6.79. The highest BCUT2D eigenvalue weighted by Gasteiger charge is 2.11. The molecule has 0 aliphatic rings. The van der Waals surface area contributed by atoms with Crippen LogP contribution in [0.4, 0.5) is 5.69 Å². The second-order valence-corrected chi connectivity index (χ2v) is 6.79. The molecule has 1 N–H and O–H groups in total. The van der Waals surface area contributed by atoms with Gasteiger partial charge in [-0.25, -0.2) is 4.79 Å². The molecule has 0 saturated carbocycles. The molecule has 0 heterocycles. The number of anilines is 1. The van der Waals surface area contributed by atoms with Crippen molar-refractivity contribution in [2.24, 2.45) is 0 Å². The van der Waals surface area contributed by atoms with E-state index in [1.54, 1.807) is 56.3 Å². The van der Waals surface area contributed by atoms with Crippen LogP contribution in [0.1, 0.15) is 40.1 Å². The van der Waals surface area contributed by atoms with Crippen LogP contribution in [0.5, 0.6) is 5.75 Å². The Morgan fingerprint density at radius 1 is 0.862 bits per heavy atom. The van der Waals surface area contributed by atoms with Crippen molar-refractivity contribution in [1.82, 2.24) is 0 Å². The molecule has 0 aromatic heterocycles. The van der Waals surface area contributed by atoms with Gasteiger partial charge in [0.05, 0.1) is 11.7 Å². The summed E-state index contributed by atoms with van der Waals surface area (Å²) in [6.07, 6.45) is -0.182. The van der Waals surface area contributed by atoms with Gasteiger partial charge in [0.15, 0.2) is 0 Å². The Labute approximate surface area is 170 Å². The summed E-state index contributed by atoms with van der Waals surface area (Å²) in [6, 6.07) is 23.4. The third kappa shape index (κ3) is 5.94. The van der Waals surface area contributed by atoms with E-state index in [1.165, 1.54) is 0 Å². The summed E-state index contributed by atoms with van der Waals surface area (Å²) in [7, 11) is 0. The molecule has 5 nitrogen and oxygen atoms in total. The second kappa shape index (κ2) is 9.55. The maximum Gasteiger partial charge on any atom is 0.338 e. The fourth-order valence-corrected chi connectivity index (χ4v) is 2.64. The Morgan fingerprint density at radius 2 is 1.59 bits per heavy atom. The van der Waals surface area contributed by atoms with Gasteiger partial charge in [0, 0.05) is 11.3 Å². The van der Waals surface area contributed by atoms with Gasteiger partial charge in [0.25, 0.3) is 5.91 Å². The number of esters is 1. The van der Waals surface area contributed by atoms with Gasteiger partial charge in [-0.15, -0.1) is 0 Å². The molecule has 0 bridgehead atoms. The topological polar surface area (TPSA) is 64.6 Å². The number of ether oxygens (including phenoxy) is 2. The first-order valence-electron chi connectivity index (χ1n) is 9.40. The summed E-state index contributed by atoms with van der Waals surface area (Å²) in [5.41, 5.74) is 2.57. The molecule has 0 spiro atoms. The van der Waals surface area contributed by atoms with Gasteiger partial charge in [-0.3, -0.25) is 4.79 Å². The largest absolute Gasteiger partial charge is 0.489 e. The standard InChI is InChI=1S/C24H23NO4/c1-17(2)29-24(27)19-11-13-21(14-12-19)25-23(26)20-9-6-10-22(15-20)28-16-18-7-4-3-5-8-18/h3-15,17H,16H2,1-2H3,(H,25,26). The van der Waals surface area contributed by atoms with E-state index in [0.29, 0.717) is 29.2 Å². The molecule has 5 heteroatoms. The summed E-state index contributed by atoms with van der Waals surface area (Å²) in [5.74, 6) is -0.0258. The summed E-state index contributed by atoms with van der Waals surface area (Å²) in [4.78, 5) is 24.4. The Balaban J connectivity index is 1.61. The number of amides is 1. The number of carbonyl (C=O) groups is 2. The van der Waals surface area contributed by atoms with E-state index in [-0.39, 0.29) is 18.0 Å². The molecule has 0 aliphatic heterocycles. The van der Waals surface area contributed by atoms with Crippen LogP contribution < -0.4 is 10.1 Å². The number of nitrogens with one attached hydrogen (secondary N) is 1. The Morgan fingerprint density at radius 3 is 2.28 bits per heavy atom. The van der Waals surface area contributed by atoms with Gasteiger partial charge in [0.1, 0.15) is 12.4 Å². The molecule has 0 aliphatic carbocycles. The molecule has 0 atom stereocenters. The number of hydrogen-bond acceptors (Lipinski definition) is 4. The molecular formula is C24H23NO4. The van der Waals surface area contributed by atoms with Crippen LogP contribution in [0.25, 0.3) is 0 Å². The van der Waals surface area contributed by atoms with Crippen molar-refractivity contribution < 1.29 is 19.1 Å². The van der Waals surface area contributed by atoms with Crippen LogP contribution in [0.3, 0.4) is 0 Å². The van der Waals surface area contributed by atoms with Gasteiger partial charge in [-0.05, 0) is 61.9 Å². The summed E-state index contributed by atoms with van der Waals surface area (Å²) < 4.78 is 10.9. The van der Waals surface area contributed by atoms with E-state index in [0.717, 1.165) is 5.56 Å². The van der Waals surface area contributed by atoms with E-state index in [9.17, 15) is 9.59 Å². The molecule has 3 aromatic rings. The lowest BCUT2D eigenvalue weighted by Gasteiger charge is -2.10. The summed E-state index contributed by atoms with van der Waals surface area (Å²) >= 11 is 0. The Kier molecular flexibility index (Phi) is 6.63. The van der Waals surface area contributed by atoms with Crippen LogP contribution in [0, 0.1) is 0 Å². The quantitative estimate of drug-likeness (QED) is 0.572. The first-order chi connectivity index (χ1) is 14.0. The average molecular weight is 389 g/mol. The highest BCUT2D eigenvalue weighted by Crippen LogP contribution is 2.17. The van der Waals surface area contributed by atoms with Crippen LogP contribution in [-0.4, -0.2) is 18.0 Å². The van der Waals surface area contributed by atoms with Crippen LogP contribution in [-0.2, 0) is 11.3 Å². The van der Waals surface area contributed by atoms with E-state index in [1.807, 2.05) is 36.4 Å². The normalized spacial score (nSPS) is 10.4. The molecule has 29 heavy (non-hydrogen) atoms. The molecule has 1 amide bonds. The smallest absolute Gasteiger partial charge is 0.338 e. The summed E-state index contributed by atoms with van der Waals surface area (Å²) in [5, 5.41) is 2.82. The molecule has 148 valence electrons. The minimum absolute atomic E-state index is 0.182. The zero-order valence-corrected chi connectivity index (χ0v) is 16.4. The lowest BCUT2D eigenvalue weighted by atomic mass is 10.1. The highest BCUT2D eigenvalue weighted by atomic mass is 16.5. The van der Waals surface area contributed by atoms with Crippen molar-refractivity contribution in [3.05, 3.63) is 95.6 Å². The van der Waals surface area contributed by atoms with Crippen molar-refractivity contribution in [3.63, 3.8) is 0 Å². The number of carbonyl (C=O) groups excluding carboxylic acids is 2. The Bertz CT molecular complexity index is 966. The zero-order valence-electron chi connectivity index (χ0n) is 16.4. The van der Waals surface area contributed by atoms with Crippen molar-refractivity contribution >= 4 is 17.6 Å². The first kappa shape index (κ1) is 20.1. The molecule has 0 fully saturated rings. The average Bonchev–Trinajstić information content (AvgIpc) is 2.73. The molecule has 3 aromatic carbocycles. The van der Waals surface area contributed by atoms with Crippen molar-refractivity contribution in [2.75, 3.05) is 5.32 Å². The van der Waals surface area contributed by atoms with Gasteiger partial charge in [0.2, 0.25) is 0 Å². The summed E-state index contributed by atoms with van der Waals surface area (Å²) in [6.45, 7) is 4.02. The van der Waals surface area contributed by atoms with Crippen LogP contribution in [0.2, 0.25) is 0 Å². The molecule has 0 saturated heterocycles. The third-order valence-corrected chi connectivity index (χ3v) is 4.07. The van der Waals surface area contributed by atoms with Crippen molar-refractivity contribution in [1.29, 1.82) is 0 Å². The number of benzene rings is 3. The van der Waals surface area contributed by atoms with Gasteiger partial charge >= 0.3 is 5.97 Å². The Hall–Kier alpha value is -3.60. The molecule has 0 radical (unpaired) electrons. The number of rotatable bonds is 7. The monoisotopic (exact) mass is 389 g/mol. The van der Waals surface area contributed by atoms with Gasteiger partial charge in [-0.1, -0.05) is 36.4 Å². The lowest BCUT2D eigenvalue weighted by Crippen LogP contribution is -2.13. The maximum absolute atomic E-state index is 12.5. The van der Waals surface area contributed by atoms with E-state index in [2.05, 4.69) is 5.32 Å². The minimum Gasteiger partial charge on any atom is -0.489 e. The zero-order chi connectivity index (χ0) is 20.6. The fraction of sp³-hybridized carbons (Fsp3) is 0.167. The third-order valence-electron chi connectivity index (χ3n) is 4.07. The minimum atomic E-state index is -0.388. The van der Waals surface area contributed by atoms with Gasteiger partial charge < -0.3 is 14.8 Å². The highest BCUT2D eigenvalue weighted by molar-refractivity contribution is 6.04. The van der Waals surface area contributed by atoms with Gasteiger partial charge in [-0.2, -0.15) is 0 Å². The predicted molar refractivity (Wildman–Crippen MR) is 112 cm³/mol. The molecule has 0 unspecified atom stereocenters. The maximum atomic E-state index is 12.5. The van der Waals surface area contributed by atoms with Crippen molar-refractivity contribution in [3.8, 4) is 5.75 Å². The van der Waals surface area contributed by atoms with Crippen LogP contribution >= 0.6 is 0 Å². The SMILES string of the molecule is CC(C)OC(=O)c1ccc(NC(=O)c2cccc(OCc3ccccc3)c2)cc1. The van der Waals surface area contributed by atoms with E-state index >= 15 is 0 Å². The van der Waals surface area contributed by atoms with Crippen molar-refractivity contribution in [2.45, 2.75) is 26.6 Å². The fourth-order valence-electron chi connectivity index (χ4n) is 2.64. The van der Waals surface area contributed by atoms with E-state index in [4.69, 9.17) is 9.47 Å². The predicted octanol–water partition coefficient (Wildman–Crippen LogP) is 5.08. The lowest BCUT2D eigenvalue weighted by molar-refractivity contribution is 0.0378. The molecule has 3 rings (SSSR count). The van der Waals surface area contributed by atoms with E-state index < -0.39 is 0 Å². The number of hydrogen-bond donors (Lipinski definition) is 1. The van der Waals surface area contributed by atoms with Crippen LogP contribution in [0.15, 0.2) is 78.9 Å². The molecular weight excluding hydrogens is 366 g/mol.